The fourth-order valence-corrected chi connectivity index (χ4v) is 2.80. The molecule has 33 heavy (non-hydrogen) atoms. The van der Waals surface area contributed by atoms with Gasteiger partial charge in [0.25, 0.3) is 0 Å². The summed E-state index contributed by atoms with van der Waals surface area (Å²) in [6, 6.07) is 6.92. The first-order chi connectivity index (χ1) is 15.3. The third kappa shape index (κ3) is 10.5. The summed E-state index contributed by atoms with van der Waals surface area (Å²) < 4.78 is 5.04. The van der Waals surface area contributed by atoms with Gasteiger partial charge in [-0.05, 0) is 33.3 Å². The number of ether oxygens (including phenoxy) is 1. The largest absolute Gasteiger partial charge is 0.480 e. The summed E-state index contributed by atoms with van der Waals surface area (Å²) in [5, 5.41) is 15.9. The standard InChI is InChI=1S/C22H32N4O7/c1-14(25-17(27)12-24-21(32)33-22(2,3)4)20(31)26(5)16(19(30)23-13-18(28)29)11-15-9-7-6-8-10-15/h6-10,14,16H,11-13H2,1-5H3,(H,23,30)(H,24,32)(H,25,27)(H,28,29)/t14-,16-/m0/s1. The molecule has 0 spiro atoms. The molecule has 4 N–H and O–H groups in total. The van der Waals surface area contributed by atoms with Crippen LogP contribution in [0, 0.1) is 0 Å². The van der Waals surface area contributed by atoms with E-state index >= 15 is 0 Å². The van der Waals surface area contributed by atoms with E-state index in [1.165, 1.54) is 14.0 Å². The molecule has 0 bridgehead atoms. The lowest BCUT2D eigenvalue weighted by atomic mass is 10.0. The molecule has 0 aliphatic rings. The van der Waals surface area contributed by atoms with E-state index in [0.29, 0.717) is 0 Å². The molecule has 1 rings (SSSR count). The number of rotatable bonds is 10. The van der Waals surface area contributed by atoms with Gasteiger partial charge in [0.1, 0.15) is 30.8 Å². The Morgan fingerprint density at radius 2 is 1.64 bits per heavy atom. The number of carboxylic acid groups (broad SMARTS) is 1. The van der Waals surface area contributed by atoms with Crippen LogP contribution in [0.1, 0.15) is 33.3 Å². The second-order valence-corrected chi connectivity index (χ2v) is 8.41. The maximum absolute atomic E-state index is 12.9. The van der Waals surface area contributed by atoms with Gasteiger partial charge in [-0.3, -0.25) is 19.2 Å². The summed E-state index contributed by atoms with van der Waals surface area (Å²) in [6.45, 7) is 5.50. The Hall–Kier alpha value is -3.63. The highest BCUT2D eigenvalue weighted by molar-refractivity contribution is 5.93. The lowest BCUT2D eigenvalue weighted by Gasteiger charge is -2.30. The van der Waals surface area contributed by atoms with Gasteiger partial charge < -0.3 is 30.7 Å². The van der Waals surface area contributed by atoms with Crippen LogP contribution in [0.2, 0.25) is 0 Å². The number of aliphatic carboxylic acids is 1. The van der Waals surface area contributed by atoms with Crippen molar-refractivity contribution >= 4 is 29.8 Å². The predicted molar refractivity (Wildman–Crippen MR) is 119 cm³/mol. The average molecular weight is 465 g/mol. The van der Waals surface area contributed by atoms with Gasteiger partial charge in [-0.1, -0.05) is 30.3 Å². The van der Waals surface area contributed by atoms with Crippen molar-refractivity contribution in [2.75, 3.05) is 20.1 Å². The first-order valence-electron chi connectivity index (χ1n) is 10.4. The highest BCUT2D eigenvalue weighted by atomic mass is 16.6. The third-order valence-electron chi connectivity index (χ3n) is 4.34. The molecule has 4 amide bonds. The van der Waals surface area contributed by atoms with Crippen molar-refractivity contribution in [3.63, 3.8) is 0 Å². The van der Waals surface area contributed by atoms with Crippen LogP contribution in [0.5, 0.6) is 0 Å². The van der Waals surface area contributed by atoms with Crippen molar-refractivity contribution < 1.29 is 33.8 Å². The summed E-state index contributed by atoms with van der Waals surface area (Å²) in [7, 11) is 1.40. The molecule has 0 aliphatic heterocycles. The van der Waals surface area contributed by atoms with Crippen molar-refractivity contribution in [3.05, 3.63) is 35.9 Å². The number of likely N-dealkylation sites (N-methyl/N-ethyl adjacent to an activating group) is 1. The van der Waals surface area contributed by atoms with Crippen LogP contribution in [0.15, 0.2) is 30.3 Å². The summed E-state index contributed by atoms with van der Waals surface area (Å²) in [5.74, 6) is -3.03. The first-order valence-corrected chi connectivity index (χ1v) is 10.4. The molecule has 0 radical (unpaired) electrons. The van der Waals surface area contributed by atoms with Crippen LogP contribution >= 0.6 is 0 Å². The fourth-order valence-electron chi connectivity index (χ4n) is 2.80. The minimum atomic E-state index is -1.21. The van der Waals surface area contributed by atoms with Crippen molar-refractivity contribution in [2.24, 2.45) is 0 Å². The molecule has 0 saturated heterocycles. The molecule has 2 atom stereocenters. The van der Waals surface area contributed by atoms with Crippen LogP contribution in [0.25, 0.3) is 0 Å². The van der Waals surface area contributed by atoms with Gasteiger partial charge in [-0.15, -0.1) is 0 Å². The Morgan fingerprint density at radius 3 is 2.18 bits per heavy atom. The number of carbonyl (C=O) groups is 5. The number of alkyl carbamates (subject to hydrolysis) is 1. The number of carboxylic acids is 1. The Kier molecular flexibility index (Phi) is 10.3. The van der Waals surface area contributed by atoms with Gasteiger partial charge in [0.15, 0.2) is 0 Å². The van der Waals surface area contributed by atoms with Crippen LogP contribution in [0.4, 0.5) is 4.79 Å². The summed E-state index contributed by atoms with van der Waals surface area (Å²) >= 11 is 0. The van der Waals surface area contributed by atoms with Gasteiger partial charge in [0.05, 0.1) is 0 Å². The second-order valence-electron chi connectivity index (χ2n) is 8.41. The molecule has 1 aromatic carbocycles. The number of nitrogens with one attached hydrogen (secondary N) is 3. The van der Waals surface area contributed by atoms with Crippen LogP contribution in [0.3, 0.4) is 0 Å². The molecule has 11 nitrogen and oxygen atoms in total. The van der Waals surface area contributed by atoms with E-state index in [4.69, 9.17) is 9.84 Å². The van der Waals surface area contributed by atoms with Crippen LogP contribution < -0.4 is 16.0 Å². The number of carbonyl (C=O) groups excluding carboxylic acids is 4. The fraction of sp³-hybridized carbons (Fsp3) is 0.500. The van der Waals surface area contributed by atoms with Gasteiger partial charge in [0.2, 0.25) is 17.7 Å². The Morgan fingerprint density at radius 1 is 1.03 bits per heavy atom. The van der Waals surface area contributed by atoms with Gasteiger partial charge in [-0.2, -0.15) is 0 Å². The van der Waals surface area contributed by atoms with E-state index in [1.807, 2.05) is 0 Å². The Balaban J connectivity index is 2.78. The van der Waals surface area contributed by atoms with Crippen LogP contribution in [-0.2, 0) is 30.3 Å². The second kappa shape index (κ2) is 12.4. The number of amides is 4. The van der Waals surface area contributed by atoms with Crippen LogP contribution in [-0.4, -0.2) is 77.6 Å². The number of hydrogen-bond acceptors (Lipinski definition) is 6. The van der Waals surface area contributed by atoms with E-state index in [0.717, 1.165) is 10.5 Å². The molecule has 0 aromatic heterocycles. The zero-order valence-corrected chi connectivity index (χ0v) is 19.5. The SMILES string of the molecule is C[C@H](NC(=O)CNC(=O)OC(C)(C)C)C(=O)N(C)[C@@H](Cc1ccccc1)C(=O)NCC(=O)O. The van der Waals surface area contributed by atoms with Crippen molar-refractivity contribution in [1.82, 2.24) is 20.9 Å². The minimum Gasteiger partial charge on any atom is -0.480 e. The minimum absolute atomic E-state index is 0.148. The zero-order chi connectivity index (χ0) is 25.2. The normalized spacial score (nSPS) is 12.6. The first kappa shape index (κ1) is 27.4. The lowest BCUT2D eigenvalue weighted by molar-refractivity contribution is -0.142. The topological polar surface area (TPSA) is 154 Å². The lowest BCUT2D eigenvalue weighted by Crippen LogP contribution is -2.55. The smallest absolute Gasteiger partial charge is 0.408 e. The number of nitrogens with zero attached hydrogens (tertiary/aromatic N) is 1. The summed E-state index contributed by atoms with van der Waals surface area (Å²) in [6.07, 6.45) is -0.623. The average Bonchev–Trinajstić information content (AvgIpc) is 2.72. The number of benzene rings is 1. The Labute approximate surface area is 192 Å². The number of hydrogen-bond donors (Lipinski definition) is 4. The molecule has 0 fully saturated rings. The molecular formula is C22H32N4O7. The van der Waals surface area contributed by atoms with E-state index in [9.17, 15) is 24.0 Å². The highest BCUT2D eigenvalue weighted by Crippen LogP contribution is 2.10. The highest BCUT2D eigenvalue weighted by Gasteiger charge is 2.30. The van der Waals surface area contributed by atoms with E-state index in [1.54, 1.807) is 51.1 Å². The molecule has 0 heterocycles. The zero-order valence-electron chi connectivity index (χ0n) is 19.5. The molecule has 0 saturated carbocycles. The maximum atomic E-state index is 12.9. The van der Waals surface area contributed by atoms with Crippen molar-refractivity contribution in [1.29, 1.82) is 0 Å². The van der Waals surface area contributed by atoms with Crippen molar-refractivity contribution in [2.45, 2.75) is 51.8 Å². The summed E-state index contributed by atoms with van der Waals surface area (Å²) in [4.78, 5) is 61.3. The molecule has 0 unspecified atom stereocenters. The predicted octanol–water partition coefficient (Wildman–Crippen LogP) is 0.286. The van der Waals surface area contributed by atoms with E-state index < -0.39 is 60.6 Å². The van der Waals surface area contributed by atoms with E-state index in [2.05, 4.69) is 16.0 Å². The molecule has 0 aliphatic carbocycles. The van der Waals surface area contributed by atoms with Gasteiger partial charge >= 0.3 is 12.1 Å². The molecular weight excluding hydrogens is 432 g/mol. The van der Waals surface area contributed by atoms with E-state index in [-0.39, 0.29) is 6.42 Å². The Bertz CT molecular complexity index is 852. The monoisotopic (exact) mass is 464 g/mol. The van der Waals surface area contributed by atoms with Gasteiger partial charge in [0, 0.05) is 13.5 Å². The van der Waals surface area contributed by atoms with Crippen molar-refractivity contribution in [3.8, 4) is 0 Å². The molecule has 11 heteroatoms. The summed E-state index contributed by atoms with van der Waals surface area (Å²) in [5.41, 5.74) is 0.0486. The maximum Gasteiger partial charge on any atom is 0.408 e. The van der Waals surface area contributed by atoms with Gasteiger partial charge in [-0.25, -0.2) is 4.79 Å². The third-order valence-corrected chi connectivity index (χ3v) is 4.34. The molecule has 1 aromatic rings. The molecule has 182 valence electrons. The quantitative estimate of drug-likeness (QED) is 0.388.